The Labute approximate surface area is 147 Å². The largest absolute Gasteiger partial charge is 0.374 e. The van der Waals surface area contributed by atoms with E-state index in [2.05, 4.69) is 22.0 Å². The summed E-state index contributed by atoms with van der Waals surface area (Å²) in [5.74, 6) is 0.0873. The zero-order valence-electron chi connectivity index (χ0n) is 14.4. The van der Waals surface area contributed by atoms with E-state index in [1.807, 2.05) is 29.2 Å². The molecule has 1 aromatic carbocycles. The van der Waals surface area contributed by atoms with Gasteiger partial charge in [0.05, 0.1) is 25.3 Å². The Balaban J connectivity index is 1.59. The summed E-state index contributed by atoms with van der Waals surface area (Å²) in [6.07, 6.45) is 4.30. The molecule has 2 saturated heterocycles. The topological polar surface area (TPSA) is 63.5 Å². The van der Waals surface area contributed by atoms with Gasteiger partial charge in [0, 0.05) is 25.2 Å². The zero-order valence-corrected chi connectivity index (χ0v) is 14.4. The number of hydrogen-bond donors (Lipinski definition) is 0. The van der Waals surface area contributed by atoms with Crippen LogP contribution in [-0.4, -0.2) is 75.9 Å². The van der Waals surface area contributed by atoms with E-state index in [-0.39, 0.29) is 18.1 Å². The molecule has 25 heavy (non-hydrogen) atoms. The van der Waals surface area contributed by atoms with Gasteiger partial charge in [-0.25, -0.2) is 9.67 Å². The molecule has 0 radical (unpaired) electrons. The van der Waals surface area contributed by atoms with Crippen molar-refractivity contribution in [2.45, 2.75) is 25.1 Å². The molecule has 0 spiro atoms. The molecule has 0 unspecified atom stereocenters. The lowest BCUT2D eigenvalue weighted by Crippen LogP contribution is -2.60. The quantitative estimate of drug-likeness (QED) is 0.829. The van der Waals surface area contributed by atoms with Crippen LogP contribution < -0.4 is 0 Å². The maximum atomic E-state index is 13.3. The molecule has 1 aromatic heterocycles. The van der Waals surface area contributed by atoms with Gasteiger partial charge >= 0.3 is 0 Å². The highest BCUT2D eigenvalue weighted by atomic mass is 16.5. The third kappa shape index (κ3) is 3.29. The van der Waals surface area contributed by atoms with Crippen molar-refractivity contribution in [3.63, 3.8) is 0 Å². The number of rotatable bonds is 3. The second kappa shape index (κ2) is 6.93. The summed E-state index contributed by atoms with van der Waals surface area (Å²) >= 11 is 0. The number of carbonyl (C=O) groups is 1. The number of piperidine rings is 1. The van der Waals surface area contributed by atoms with Gasteiger partial charge in [0.2, 0.25) is 0 Å². The van der Waals surface area contributed by atoms with Crippen molar-refractivity contribution in [3.8, 4) is 0 Å². The minimum Gasteiger partial charge on any atom is -0.374 e. The van der Waals surface area contributed by atoms with E-state index in [0.717, 1.165) is 30.6 Å². The van der Waals surface area contributed by atoms with E-state index >= 15 is 0 Å². The van der Waals surface area contributed by atoms with Gasteiger partial charge in [-0.1, -0.05) is 18.2 Å². The van der Waals surface area contributed by atoms with Crippen LogP contribution in [0.15, 0.2) is 36.9 Å². The summed E-state index contributed by atoms with van der Waals surface area (Å²) in [4.78, 5) is 21.6. The number of benzene rings is 1. The van der Waals surface area contributed by atoms with Crippen LogP contribution in [0.3, 0.4) is 0 Å². The fourth-order valence-corrected chi connectivity index (χ4v) is 3.79. The minimum atomic E-state index is 0.0873. The molecule has 0 saturated carbocycles. The predicted molar refractivity (Wildman–Crippen MR) is 92.2 cm³/mol. The van der Waals surface area contributed by atoms with Gasteiger partial charge in [0.1, 0.15) is 12.7 Å². The molecular formula is C18H23N5O2. The first kappa shape index (κ1) is 16.2. The molecule has 7 nitrogen and oxygen atoms in total. The summed E-state index contributed by atoms with van der Waals surface area (Å²) in [5, 5.41) is 4.15. The third-order valence-corrected chi connectivity index (χ3v) is 5.10. The van der Waals surface area contributed by atoms with E-state index < -0.39 is 0 Å². The van der Waals surface area contributed by atoms with E-state index in [4.69, 9.17) is 4.74 Å². The Bertz CT molecular complexity index is 733. The van der Waals surface area contributed by atoms with Crippen molar-refractivity contribution in [2.24, 2.45) is 0 Å². The number of likely N-dealkylation sites (N-methyl/N-ethyl adjacent to an activating group) is 1. The summed E-state index contributed by atoms with van der Waals surface area (Å²) in [7, 11) is 2.10. The van der Waals surface area contributed by atoms with Crippen LogP contribution in [0.25, 0.3) is 0 Å². The molecule has 2 aromatic rings. The molecule has 7 heteroatoms. The van der Waals surface area contributed by atoms with Crippen LogP contribution in [-0.2, 0) is 11.3 Å². The Morgan fingerprint density at radius 1 is 1.32 bits per heavy atom. The first-order chi connectivity index (χ1) is 12.2. The first-order valence-corrected chi connectivity index (χ1v) is 8.74. The van der Waals surface area contributed by atoms with Crippen molar-refractivity contribution in [2.75, 3.05) is 33.3 Å². The molecule has 2 atom stereocenters. The molecule has 2 aliphatic heterocycles. The third-order valence-electron chi connectivity index (χ3n) is 5.10. The molecule has 132 valence electrons. The lowest BCUT2D eigenvalue weighted by molar-refractivity contribution is -0.0870. The summed E-state index contributed by atoms with van der Waals surface area (Å²) in [6.45, 7) is 3.68. The van der Waals surface area contributed by atoms with Gasteiger partial charge < -0.3 is 14.5 Å². The van der Waals surface area contributed by atoms with Crippen molar-refractivity contribution >= 4 is 5.91 Å². The van der Waals surface area contributed by atoms with E-state index in [1.54, 1.807) is 11.0 Å². The fourth-order valence-electron chi connectivity index (χ4n) is 3.79. The Hall–Kier alpha value is -2.25. The normalized spacial score (nSPS) is 24.1. The van der Waals surface area contributed by atoms with Crippen molar-refractivity contribution < 1.29 is 9.53 Å². The smallest absolute Gasteiger partial charge is 0.254 e. The molecule has 4 rings (SSSR count). The number of aromatic nitrogens is 3. The van der Waals surface area contributed by atoms with Crippen molar-refractivity contribution in [3.05, 3.63) is 48.0 Å². The van der Waals surface area contributed by atoms with Crippen LogP contribution in [0.1, 0.15) is 22.3 Å². The number of hydrogen-bond acceptors (Lipinski definition) is 5. The number of fused-ring (bicyclic) bond motifs is 1. The molecule has 0 bridgehead atoms. The number of morpholine rings is 1. The highest BCUT2D eigenvalue weighted by molar-refractivity contribution is 5.96. The van der Waals surface area contributed by atoms with Gasteiger partial charge in [0.15, 0.2) is 0 Å². The van der Waals surface area contributed by atoms with Crippen molar-refractivity contribution in [1.29, 1.82) is 0 Å². The molecular weight excluding hydrogens is 318 g/mol. The second-order valence-corrected chi connectivity index (χ2v) is 6.78. The second-order valence-electron chi connectivity index (χ2n) is 6.78. The van der Waals surface area contributed by atoms with Gasteiger partial charge in [-0.05, 0) is 25.1 Å². The maximum absolute atomic E-state index is 13.3. The number of likely N-dealkylation sites (tertiary alicyclic amines) is 1. The molecule has 2 fully saturated rings. The SMILES string of the molecule is CN1CC[C@@H]2OCCN(C(=O)c3ccccc3Cn3cncn3)[C@H]2C1. The van der Waals surface area contributed by atoms with Gasteiger partial charge in [-0.2, -0.15) is 5.10 Å². The molecule has 0 aliphatic carbocycles. The molecule has 3 heterocycles. The number of amides is 1. The van der Waals surface area contributed by atoms with Crippen LogP contribution in [0.4, 0.5) is 0 Å². The van der Waals surface area contributed by atoms with Crippen LogP contribution in [0.5, 0.6) is 0 Å². The van der Waals surface area contributed by atoms with Crippen molar-refractivity contribution in [1.82, 2.24) is 24.6 Å². The highest BCUT2D eigenvalue weighted by Crippen LogP contribution is 2.25. The number of ether oxygens (including phenoxy) is 1. The highest BCUT2D eigenvalue weighted by Gasteiger charge is 2.38. The Kier molecular flexibility index (Phi) is 4.50. The van der Waals surface area contributed by atoms with Gasteiger partial charge in [0.25, 0.3) is 5.91 Å². The summed E-state index contributed by atoms with van der Waals surface area (Å²) < 4.78 is 7.66. The Morgan fingerprint density at radius 2 is 2.20 bits per heavy atom. The van der Waals surface area contributed by atoms with Crippen LogP contribution >= 0.6 is 0 Å². The lowest BCUT2D eigenvalue weighted by Gasteiger charge is -2.46. The average molecular weight is 341 g/mol. The first-order valence-electron chi connectivity index (χ1n) is 8.74. The molecule has 1 amide bonds. The minimum absolute atomic E-state index is 0.0873. The zero-order chi connectivity index (χ0) is 17.2. The molecule has 2 aliphatic rings. The predicted octanol–water partition coefficient (Wildman–Crippen LogP) is 0.871. The summed E-state index contributed by atoms with van der Waals surface area (Å²) in [5.41, 5.74) is 1.71. The maximum Gasteiger partial charge on any atom is 0.254 e. The number of nitrogens with zero attached hydrogens (tertiary/aromatic N) is 5. The van der Waals surface area contributed by atoms with E-state index in [0.29, 0.717) is 19.7 Å². The van der Waals surface area contributed by atoms with Crippen LogP contribution in [0, 0.1) is 0 Å². The van der Waals surface area contributed by atoms with E-state index in [9.17, 15) is 4.79 Å². The monoisotopic (exact) mass is 341 g/mol. The van der Waals surface area contributed by atoms with E-state index in [1.165, 1.54) is 6.33 Å². The standard InChI is InChI=1S/C18H23N5O2/c1-21-7-6-17-16(11-21)23(8-9-25-17)18(24)15-5-3-2-4-14(15)10-22-13-19-12-20-22/h2-5,12-13,16-17H,6-11H2,1H3/t16-,17-/m0/s1. The lowest BCUT2D eigenvalue weighted by atomic mass is 9.97. The summed E-state index contributed by atoms with van der Waals surface area (Å²) in [6, 6.07) is 7.90. The Morgan fingerprint density at radius 3 is 3.04 bits per heavy atom. The molecule has 0 N–H and O–H groups in total. The van der Waals surface area contributed by atoms with Gasteiger partial charge in [-0.3, -0.25) is 4.79 Å². The van der Waals surface area contributed by atoms with Gasteiger partial charge in [-0.15, -0.1) is 0 Å². The fraction of sp³-hybridized carbons (Fsp3) is 0.500. The van der Waals surface area contributed by atoms with Crippen LogP contribution in [0.2, 0.25) is 0 Å². The average Bonchev–Trinajstić information content (AvgIpc) is 3.14. The number of carbonyl (C=O) groups excluding carboxylic acids is 1.